The number of carboxylic acid groups (broad SMARTS) is 1. The second kappa shape index (κ2) is 9.81. The molecule has 1 fully saturated rings. The van der Waals surface area contributed by atoms with E-state index < -0.39 is 28.3 Å². The third-order valence-electron chi connectivity index (χ3n) is 6.45. The summed E-state index contributed by atoms with van der Waals surface area (Å²) in [6.45, 7) is 0. The molecule has 190 valence electrons. The normalized spacial score (nSPS) is 15.9. The van der Waals surface area contributed by atoms with Crippen molar-refractivity contribution in [2.24, 2.45) is 0 Å². The molecule has 0 spiro atoms. The van der Waals surface area contributed by atoms with Crippen LogP contribution < -0.4 is 15.1 Å². The summed E-state index contributed by atoms with van der Waals surface area (Å²) < 4.78 is 47.5. The smallest absolute Gasteiger partial charge is 0.335 e. The SMILES string of the molecule is COc1cc(C(=O)O)ccc1N[N+](O)(O)c1cccc(-c2ccc(C3CCC(F)(F)CC3)cc2)c1F. The van der Waals surface area contributed by atoms with Gasteiger partial charge in [0, 0.05) is 24.5 Å². The predicted octanol–water partition coefficient (Wildman–Crippen LogP) is 6.61. The Balaban J connectivity index is 1.58. The summed E-state index contributed by atoms with van der Waals surface area (Å²) >= 11 is 0. The van der Waals surface area contributed by atoms with Gasteiger partial charge in [0.15, 0.2) is 0 Å². The number of rotatable bonds is 7. The highest BCUT2D eigenvalue weighted by molar-refractivity contribution is 5.89. The molecular weight excluding hydrogens is 477 g/mol. The largest absolute Gasteiger partial charge is 0.494 e. The highest BCUT2D eigenvalue weighted by atomic mass is 19.3. The molecule has 4 rings (SSSR count). The van der Waals surface area contributed by atoms with Crippen LogP contribution in [0.4, 0.5) is 24.5 Å². The van der Waals surface area contributed by atoms with Crippen molar-refractivity contribution < 1.29 is 38.2 Å². The molecule has 0 atom stereocenters. The molecule has 10 heteroatoms. The molecule has 0 aromatic heterocycles. The van der Waals surface area contributed by atoms with Crippen molar-refractivity contribution in [1.29, 1.82) is 0 Å². The molecule has 1 saturated carbocycles. The van der Waals surface area contributed by atoms with E-state index in [1.165, 1.54) is 43.5 Å². The Labute approximate surface area is 205 Å². The summed E-state index contributed by atoms with van der Waals surface area (Å²) in [5.41, 5.74) is 3.23. The van der Waals surface area contributed by atoms with Crippen LogP contribution in [-0.2, 0) is 0 Å². The maximum absolute atomic E-state index is 15.5. The number of nitrogens with zero attached hydrogens (tertiary/aromatic N) is 1. The van der Waals surface area contributed by atoms with Gasteiger partial charge in [-0.3, -0.25) is 0 Å². The maximum Gasteiger partial charge on any atom is 0.335 e. The summed E-state index contributed by atoms with van der Waals surface area (Å²) in [6.07, 6.45) is 0.460. The number of hydrogen-bond acceptors (Lipinski definition) is 5. The summed E-state index contributed by atoms with van der Waals surface area (Å²) in [5, 5.41) is 30.4. The number of nitrogens with one attached hydrogen (secondary N) is 1. The van der Waals surface area contributed by atoms with Gasteiger partial charge in [0.25, 0.3) is 5.69 Å². The van der Waals surface area contributed by atoms with E-state index >= 15 is 4.39 Å². The first kappa shape index (κ1) is 25.5. The van der Waals surface area contributed by atoms with Crippen molar-refractivity contribution >= 4 is 17.3 Å². The van der Waals surface area contributed by atoms with Gasteiger partial charge in [-0.15, -0.1) is 10.4 Å². The number of ether oxygens (including phenoxy) is 1. The number of quaternary nitrogens is 1. The Morgan fingerprint density at radius 3 is 2.33 bits per heavy atom. The van der Waals surface area contributed by atoms with Crippen LogP contribution in [0.25, 0.3) is 11.1 Å². The van der Waals surface area contributed by atoms with Crippen LogP contribution in [0.5, 0.6) is 5.75 Å². The number of hydrogen-bond donors (Lipinski definition) is 4. The number of benzene rings is 3. The molecule has 7 nitrogen and oxygen atoms in total. The van der Waals surface area contributed by atoms with E-state index in [0.717, 1.165) is 5.56 Å². The molecule has 0 amide bonds. The minimum atomic E-state index is -2.62. The zero-order valence-electron chi connectivity index (χ0n) is 19.4. The number of methoxy groups -OCH3 is 1. The van der Waals surface area contributed by atoms with Gasteiger partial charge < -0.3 is 9.84 Å². The summed E-state index contributed by atoms with van der Waals surface area (Å²) in [4.78, 5) is 9.11. The number of carboxylic acids is 1. The first-order valence-electron chi connectivity index (χ1n) is 11.3. The van der Waals surface area contributed by atoms with E-state index in [0.29, 0.717) is 18.4 Å². The molecule has 0 bridgehead atoms. The Kier molecular flexibility index (Phi) is 6.94. The fourth-order valence-corrected chi connectivity index (χ4v) is 4.44. The lowest BCUT2D eigenvalue weighted by atomic mass is 9.82. The first-order chi connectivity index (χ1) is 17.0. The molecule has 1 aliphatic carbocycles. The third-order valence-corrected chi connectivity index (χ3v) is 6.45. The average molecular weight is 503 g/mol. The van der Waals surface area contributed by atoms with Crippen LogP contribution in [0.2, 0.25) is 0 Å². The summed E-state index contributed by atoms with van der Waals surface area (Å²) in [6, 6.07) is 14.7. The van der Waals surface area contributed by atoms with Gasteiger partial charge in [0.1, 0.15) is 11.4 Å². The van der Waals surface area contributed by atoms with Crippen molar-refractivity contribution in [2.75, 3.05) is 12.5 Å². The van der Waals surface area contributed by atoms with Gasteiger partial charge >= 0.3 is 5.97 Å². The van der Waals surface area contributed by atoms with Crippen molar-refractivity contribution in [3.05, 3.63) is 77.6 Å². The molecule has 0 unspecified atom stereocenters. The summed E-state index contributed by atoms with van der Waals surface area (Å²) in [7, 11) is 1.28. The first-order valence-corrected chi connectivity index (χ1v) is 11.3. The van der Waals surface area contributed by atoms with Gasteiger partial charge in [-0.2, -0.15) is 9.82 Å². The number of anilines is 1. The van der Waals surface area contributed by atoms with E-state index in [4.69, 9.17) is 9.84 Å². The van der Waals surface area contributed by atoms with Crippen LogP contribution in [0.1, 0.15) is 47.5 Å². The van der Waals surface area contributed by atoms with Crippen LogP contribution in [-0.4, -0.2) is 34.5 Å². The van der Waals surface area contributed by atoms with Crippen LogP contribution >= 0.6 is 0 Å². The monoisotopic (exact) mass is 503 g/mol. The van der Waals surface area contributed by atoms with Crippen molar-refractivity contribution in [3.63, 3.8) is 0 Å². The van der Waals surface area contributed by atoms with Gasteiger partial charge in [-0.1, -0.05) is 36.4 Å². The van der Waals surface area contributed by atoms with Crippen LogP contribution in [0.3, 0.4) is 0 Å². The molecule has 1 aliphatic rings. The zero-order valence-corrected chi connectivity index (χ0v) is 19.4. The average Bonchev–Trinajstić information content (AvgIpc) is 2.84. The number of alkyl halides is 2. The topological polar surface area (TPSA) is 99.0 Å². The Bertz CT molecular complexity index is 1250. The second-order valence-electron chi connectivity index (χ2n) is 8.82. The van der Waals surface area contributed by atoms with Crippen molar-refractivity contribution in [1.82, 2.24) is 4.92 Å². The highest BCUT2D eigenvalue weighted by Gasteiger charge is 2.36. The zero-order chi connectivity index (χ0) is 26.1. The quantitative estimate of drug-likeness (QED) is 0.214. The van der Waals surface area contributed by atoms with Crippen molar-refractivity contribution in [3.8, 4) is 16.9 Å². The standard InChI is InChI=1S/C26H25F3N2O5/c1-36-23-15-19(25(32)33)9-10-21(23)30-31(34,35)22-4-2-3-20(24(22)27)18-7-5-16(6-8-18)17-11-13-26(28,29)14-12-17/h2-10,15,17,30,34-35H,11-14H2,1H3/p+1. The molecule has 3 aromatic carbocycles. The molecular formula is C26H26F3N2O5+. The molecule has 0 radical (unpaired) electrons. The molecule has 36 heavy (non-hydrogen) atoms. The summed E-state index contributed by atoms with van der Waals surface area (Å²) in [5.74, 6) is -4.69. The van der Waals surface area contributed by atoms with Crippen LogP contribution in [0, 0.1) is 5.82 Å². The van der Waals surface area contributed by atoms with E-state index in [-0.39, 0.29) is 41.3 Å². The lowest BCUT2D eigenvalue weighted by Crippen LogP contribution is -2.48. The van der Waals surface area contributed by atoms with Crippen molar-refractivity contribution in [2.45, 2.75) is 37.5 Å². The second-order valence-corrected chi connectivity index (χ2v) is 8.82. The number of aromatic carboxylic acids is 1. The minimum absolute atomic E-state index is 0.00752. The van der Waals surface area contributed by atoms with E-state index in [1.54, 1.807) is 24.3 Å². The minimum Gasteiger partial charge on any atom is -0.494 e. The van der Waals surface area contributed by atoms with Gasteiger partial charge in [-0.05, 0) is 48.1 Å². The maximum atomic E-state index is 15.5. The molecule has 0 saturated heterocycles. The third kappa shape index (κ3) is 5.30. The van der Waals surface area contributed by atoms with Gasteiger partial charge in [-0.25, -0.2) is 13.6 Å². The van der Waals surface area contributed by atoms with Crippen LogP contribution in [0.15, 0.2) is 60.7 Å². The lowest BCUT2D eigenvalue weighted by Gasteiger charge is -2.28. The van der Waals surface area contributed by atoms with E-state index in [2.05, 4.69) is 5.43 Å². The fraction of sp³-hybridized carbons (Fsp3) is 0.269. The molecule has 3 aromatic rings. The number of halogens is 3. The Morgan fingerprint density at radius 1 is 1.06 bits per heavy atom. The molecule has 4 N–H and O–H groups in total. The Morgan fingerprint density at radius 2 is 1.72 bits per heavy atom. The Hall–Kier alpha value is -3.60. The van der Waals surface area contributed by atoms with Gasteiger partial charge in [0.05, 0.1) is 17.6 Å². The van der Waals surface area contributed by atoms with E-state index in [9.17, 15) is 24.0 Å². The fourth-order valence-electron chi connectivity index (χ4n) is 4.44. The molecule has 0 heterocycles. The highest BCUT2D eigenvalue weighted by Crippen LogP contribution is 2.41. The number of carbonyl (C=O) groups is 1. The molecule has 0 aliphatic heterocycles. The van der Waals surface area contributed by atoms with Gasteiger partial charge in [0.2, 0.25) is 11.7 Å². The lowest BCUT2D eigenvalue weighted by molar-refractivity contribution is -0.273. The van der Waals surface area contributed by atoms with E-state index in [1.807, 2.05) is 0 Å². The predicted molar refractivity (Wildman–Crippen MR) is 127 cm³/mol.